The predicted octanol–water partition coefficient (Wildman–Crippen LogP) is -0.595. The van der Waals surface area contributed by atoms with Gasteiger partial charge in [0.2, 0.25) is 5.91 Å². The number of hydrogen-bond acceptors (Lipinski definition) is 3. The number of H-pyrrole nitrogens is 1. The highest BCUT2D eigenvalue weighted by atomic mass is 16.2. The molecule has 0 radical (unpaired) electrons. The third kappa shape index (κ3) is 2.36. The number of benzene rings is 1. The number of rotatable bonds is 4. The molecule has 0 atom stereocenters. The van der Waals surface area contributed by atoms with E-state index in [9.17, 15) is 9.59 Å². The molecular weight excluding hydrogens is 220 g/mol. The number of imidazole rings is 1. The first-order chi connectivity index (χ1) is 8.22. The van der Waals surface area contributed by atoms with E-state index in [0.717, 1.165) is 11.0 Å². The summed E-state index contributed by atoms with van der Waals surface area (Å²) in [5.74, 6) is -0.224. The molecule has 2 rings (SSSR count). The zero-order valence-electron chi connectivity index (χ0n) is 9.27. The number of amides is 1. The van der Waals surface area contributed by atoms with Gasteiger partial charge in [-0.05, 0) is 12.1 Å². The van der Waals surface area contributed by atoms with Crippen molar-refractivity contribution in [1.82, 2.24) is 14.9 Å². The summed E-state index contributed by atoms with van der Waals surface area (Å²) in [7, 11) is 0. The fourth-order valence-electron chi connectivity index (χ4n) is 1.71. The van der Waals surface area contributed by atoms with E-state index in [1.807, 2.05) is 24.3 Å². The molecule has 0 saturated heterocycles. The second kappa shape index (κ2) is 4.84. The van der Waals surface area contributed by atoms with Gasteiger partial charge in [-0.3, -0.25) is 9.36 Å². The van der Waals surface area contributed by atoms with Gasteiger partial charge >= 0.3 is 5.69 Å². The fourth-order valence-corrected chi connectivity index (χ4v) is 1.71. The largest absolute Gasteiger partial charge is 0.353 e. The van der Waals surface area contributed by atoms with Crippen LogP contribution < -0.4 is 16.7 Å². The fraction of sp³-hybridized carbons (Fsp3) is 0.273. The number of nitrogens with one attached hydrogen (secondary N) is 2. The zero-order chi connectivity index (χ0) is 12.3. The lowest BCUT2D eigenvalue weighted by Crippen LogP contribution is -2.34. The molecule has 4 N–H and O–H groups in total. The number of nitrogens with two attached hydrogens (primary N) is 1. The van der Waals surface area contributed by atoms with Gasteiger partial charge < -0.3 is 16.0 Å². The van der Waals surface area contributed by atoms with Crippen LogP contribution in [-0.2, 0) is 11.3 Å². The number of fused-ring (bicyclic) bond motifs is 1. The number of hydrogen-bond donors (Lipinski definition) is 3. The van der Waals surface area contributed by atoms with Crippen LogP contribution in [0.1, 0.15) is 0 Å². The minimum Gasteiger partial charge on any atom is -0.353 e. The van der Waals surface area contributed by atoms with Gasteiger partial charge in [0.1, 0.15) is 0 Å². The van der Waals surface area contributed by atoms with E-state index in [1.54, 1.807) is 4.57 Å². The first-order valence-electron chi connectivity index (χ1n) is 5.36. The lowest BCUT2D eigenvalue weighted by atomic mass is 10.3. The molecular formula is C11H14N4O2. The summed E-state index contributed by atoms with van der Waals surface area (Å²) >= 11 is 0. The van der Waals surface area contributed by atoms with Crippen LogP contribution >= 0.6 is 0 Å². The molecule has 0 aliphatic heterocycles. The summed E-state index contributed by atoms with van der Waals surface area (Å²) in [6.45, 7) is 0.773. The Kier molecular flexibility index (Phi) is 3.24. The lowest BCUT2D eigenvalue weighted by molar-refractivity contribution is -0.119. The number of para-hydroxylation sites is 2. The van der Waals surface area contributed by atoms with Crippen LogP contribution in [0.25, 0.3) is 11.0 Å². The molecule has 1 aromatic heterocycles. The Morgan fingerprint density at radius 2 is 2.18 bits per heavy atom. The van der Waals surface area contributed by atoms with Gasteiger partial charge in [-0.15, -0.1) is 0 Å². The molecule has 2 aromatic rings. The van der Waals surface area contributed by atoms with Crippen LogP contribution in [0.15, 0.2) is 29.1 Å². The number of nitrogens with zero attached hydrogens (tertiary/aromatic N) is 1. The van der Waals surface area contributed by atoms with Crippen molar-refractivity contribution in [3.05, 3.63) is 34.7 Å². The number of carbonyl (C=O) groups is 1. The third-order valence-electron chi connectivity index (χ3n) is 2.52. The number of carbonyl (C=O) groups excluding carboxylic acids is 1. The van der Waals surface area contributed by atoms with Gasteiger partial charge in [0.25, 0.3) is 0 Å². The smallest absolute Gasteiger partial charge is 0.326 e. The maximum Gasteiger partial charge on any atom is 0.326 e. The minimum atomic E-state index is -0.224. The standard InChI is InChI=1S/C11H14N4O2/c12-7-10(16)13-5-6-15-9-4-2-1-3-8(9)14-11(15)17/h1-4H,5-7,12H2,(H,13,16)(H,14,17). The van der Waals surface area contributed by atoms with Gasteiger partial charge in [-0.2, -0.15) is 0 Å². The zero-order valence-corrected chi connectivity index (χ0v) is 9.27. The maximum atomic E-state index is 11.7. The van der Waals surface area contributed by atoms with Crippen molar-refractivity contribution < 1.29 is 4.79 Å². The summed E-state index contributed by atoms with van der Waals surface area (Å²) in [6, 6.07) is 7.42. The van der Waals surface area contributed by atoms with Gasteiger partial charge in [-0.25, -0.2) is 4.79 Å². The molecule has 1 heterocycles. The van der Waals surface area contributed by atoms with Gasteiger partial charge in [0.05, 0.1) is 17.6 Å². The Balaban J connectivity index is 2.15. The average Bonchev–Trinajstić information content (AvgIpc) is 2.66. The Hall–Kier alpha value is -2.08. The van der Waals surface area contributed by atoms with Crippen LogP contribution in [0.5, 0.6) is 0 Å². The highest BCUT2D eigenvalue weighted by molar-refractivity contribution is 5.77. The van der Waals surface area contributed by atoms with Crippen molar-refractivity contribution >= 4 is 16.9 Å². The monoisotopic (exact) mass is 234 g/mol. The lowest BCUT2D eigenvalue weighted by Gasteiger charge is -2.04. The molecule has 0 spiro atoms. The van der Waals surface area contributed by atoms with E-state index in [4.69, 9.17) is 5.73 Å². The number of aromatic amines is 1. The van der Waals surface area contributed by atoms with E-state index in [0.29, 0.717) is 13.1 Å². The topological polar surface area (TPSA) is 92.9 Å². The molecule has 90 valence electrons. The van der Waals surface area contributed by atoms with Crippen LogP contribution in [0.3, 0.4) is 0 Å². The Bertz CT molecular complexity index is 584. The molecule has 0 aliphatic carbocycles. The first-order valence-corrected chi connectivity index (χ1v) is 5.36. The van der Waals surface area contributed by atoms with E-state index < -0.39 is 0 Å². The molecule has 1 amide bonds. The Morgan fingerprint density at radius 1 is 1.41 bits per heavy atom. The maximum absolute atomic E-state index is 11.7. The summed E-state index contributed by atoms with van der Waals surface area (Å²) in [5.41, 5.74) is 6.62. The molecule has 0 bridgehead atoms. The van der Waals surface area contributed by atoms with Crippen molar-refractivity contribution in [3.63, 3.8) is 0 Å². The van der Waals surface area contributed by atoms with E-state index in [2.05, 4.69) is 10.3 Å². The van der Waals surface area contributed by atoms with Crippen molar-refractivity contribution in [3.8, 4) is 0 Å². The Morgan fingerprint density at radius 3 is 2.94 bits per heavy atom. The molecule has 0 unspecified atom stereocenters. The van der Waals surface area contributed by atoms with Gasteiger partial charge in [-0.1, -0.05) is 12.1 Å². The normalized spacial score (nSPS) is 10.6. The van der Waals surface area contributed by atoms with Crippen molar-refractivity contribution in [2.45, 2.75) is 6.54 Å². The second-order valence-electron chi connectivity index (χ2n) is 3.65. The summed E-state index contributed by atoms with van der Waals surface area (Å²) in [6.07, 6.45) is 0. The van der Waals surface area contributed by atoms with E-state index in [-0.39, 0.29) is 18.1 Å². The Labute approximate surface area is 97.4 Å². The molecule has 0 saturated carbocycles. The average molecular weight is 234 g/mol. The molecule has 6 heteroatoms. The molecule has 0 fully saturated rings. The third-order valence-corrected chi connectivity index (χ3v) is 2.52. The number of aromatic nitrogens is 2. The highest BCUT2D eigenvalue weighted by Gasteiger charge is 2.05. The summed E-state index contributed by atoms with van der Waals surface area (Å²) in [4.78, 5) is 25.4. The van der Waals surface area contributed by atoms with Gasteiger partial charge in [0, 0.05) is 13.1 Å². The second-order valence-corrected chi connectivity index (χ2v) is 3.65. The van der Waals surface area contributed by atoms with E-state index in [1.165, 1.54) is 0 Å². The van der Waals surface area contributed by atoms with Crippen LogP contribution in [0.2, 0.25) is 0 Å². The minimum absolute atomic E-state index is 0.0389. The molecule has 17 heavy (non-hydrogen) atoms. The van der Waals surface area contributed by atoms with Crippen molar-refractivity contribution in [1.29, 1.82) is 0 Å². The SMILES string of the molecule is NCC(=O)NCCn1c(=O)[nH]c2ccccc21. The van der Waals surface area contributed by atoms with Gasteiger partial charge in [0.15, 0.2) is 0 Å². The predicted molar refractivity (Wildman–Crippen MR) is 64.6 cm³/mol. The first kappa shape index (κ1) is 11.4. The highest BCUT2D eigenvalue weighted by Crippen LogP contribution is 2.07. The van der Waals surface area contributed by atoms with Crippen molar-refractivity contribution in [2.75, 3.05) is 13.1 Å². The van der Waals surface area contributed by atoms with Crippen molar-refractivity contribution in [2.24, 2.45) is 5.73 Å². The molecule has 0 aliphatic rings. The van der Waals surface area contributed by atoms with Crippen LogP contribution in [0, 0.1) is 0 Å². The molecule has 1 aromatic carbocycles. The van der Waals surface area contributed by atoms with E-state index >= 15 is 0 Å². The molecule has 6 nitrogen and oxygen atoms in total. The summed E-state index contributed by atoms with van der Waals surface area (Å²) < 4.78 is 1.59. The van der Waals surface area contributed by atoms with Crippen LogP contribution in [-0.4, -0.2) is 28.5 Å². The summed E-state index contributed by atoms with van der Waals surface area (Å²) in [5, 5.41) is 2.62. The quantitative estimate of drug-likeness (QED) is 0.659. The van der Waals surface area contributed by atoms with Crippen LogP contribution in [0.4, 0.5) is 0 Å².